The first kappa shape index (κ1) is 21.3. The van der Waals surface area contributed by atoms with E-state index >= 15 is 0 Å². The SMILES string of the molecule is CCCCCCCCCCCCCCC(CCC)C[C+]1N=CC=N1. The van der Waals surface area contributed by atoms with Gasteiger partial charge in [-0.1, -0.05) is 107 Å². The van der Waals surface area contributed by atoms with Crippen LogP contribution < -0.4 is 0 Å². The van der Waals surface area contributed by atoms with Crippen LogP contribution in [0.25, 0.3) is 0 Å². The highest BCUT2D eigenvalue weighted by atomic mass is 15.0. The van der Waals surface area contributed by atoms with E-state index in [1.54, 1.807) is 0 Å². The van der Waals surface area contributed by atoms with Crippen LogP contribution in [0.3, 0.4) is 0 Å². The molecule has 0 bridgehead atoms. The van der Waals surface area contributed by atoms with Crippen LogP contribution in [-0.2, 0) is 0 Å². The van der Waals surface area contributed by atoms with E-state index < -0.39 is 0 Å². The van der Waals surface area contributed by atoms with Crippen molar-refractivity contribution in [3.05, 3.63) is 6.17 Å². The molecule has 2 nitrogen and oxygen atoms in total. The highest BCUT2D eigenvalue weighted by molar-refractivity contribution is 6.18. The Bertz CT molecular complexity index is 310. The van der Waals surface area contributed by atoms with Crippen molar-refractivity contribution >= 4 is 12.4 Å². The summed E-state index contributed by atoms with van der Waals surface area (Å²) in [6, 6.07) is 0. The Morgan fingerprint density at radius 1 is 0.625 bits per heavy atom. The van der Waals surface area contributed by atoms with Crippen molar-refractivity contribution in [3.63, 3.8) is 0 Å². The zero-order chi connectivity index (χ0) is 17.3. The van der Waals surface area contributed by atoms with Crippen molar-refractivity contribution in [3.8, 4) is 0 Å². The summed E-state index contributed by atoms with van der Waals surface area (Å²) in [5.74, 6) is 0.792. The number of hydrogen-bond donors (Lipinski definition) is 0. The van der Waals surface area contributed by atoms with Crippen LogP contribution in [0.15, 0.2) is 9.98 Å². The third-order valence-corrected chi connectivity index (χ3v) is 5.15. The maximum absolute atomic E-state index is 4.34. The van der Waals surface area contributed by atoms with E-state index in [0.717, 1.165) is 18.5 Å². The van der Waals surface area contributed by atoms with E-state index in [-0.39, 0.29) is 0 Å². The molecule has 1 aliphatic rings. The topological polar surface area (TPSA) is 24.7 Å². The highest BCUT2D eigenvalue weighted by Gasteiger charge is 2.21. The Kier molecular flexibility index (Phi) is 13.9. The molecule has 0 aromatic carbocycles. The lowest BCUT2D eigenvalue weighted by molar-refractivity contribution is 0.398. The van der Waals surface area contributed by atoms with Crippen molar-refractivity contribution in [1.29, 1.82) is 0 Å². The quantitative estimate of drug-likeness (QED) is 0.194. The zero-order valence-corrected chi connectivity index (χ0v) is 16.4. The van der Waals surface area contributed by atoms with Gasteiger partial charge in [-0.15, -0.1) is 0 Å². The molecule has 1 rings (SSSR count). The fourth-order valence-electron chi connectivity index (χ4n) is 3.67. The second-order valence-corrected chi connectivity index (χ2v) is 7.51. The number of nitrogens with zero attached hydrogens (tertiary/aromatic N) is 2. The summed E-state index contributed by atoms with van der Waals surface area (Å²) < 4.78 is 0. The van der Waals surface area contributed by atoms with E-state index in [4.69, 9.17) is 0 Å². The molecular weight excluding hydrogens is 292 g/mol. The molecule has 0 N–H and O–H groups in total. The lowest BCUT2D eigenvalue weighted by atomic mass is 9.92. The Labute approximate surface area is 151 Å². The number of rotatable bonds is 17. The molecule has 0 saturated heterocycles. The van der Waals surface area contributed by atoms with Gasteiger partial charge in [-0.3, -0.25) is 0 Å². The van der Waals surface area contributed by atoms with Crippen molar-refractivity contribution in [2.45, 2.75) is 117 Å². The average Bonchev–Trinajstić information content (AvgIpc) is 3.09. The first-order chi connectivity index (χ1) is 11.9. The van der Waals surface area contributed by atoms with E-state index in [1.807, 2.05) is 12.4 Å². The van der Waals surface area contributed by atoms with E-state index in [9.17, 15) is 0 Å². The minimum absolute atomic E-state index is 0.792. The first-order valence-electron chi connectivity index (χ1n) is 10.8. The summed E-state index contributed by atoms with van der Waals surface area (Å²) in [4.78, 5) is 8.67. The van der Waals surface area contributed by atoms with E-state index in [0.29, 0.717) is 0 Å². The van der Waals surface area contributed by atoms with Crippen LogP contribution in [0.4, 0.5) is 0 Å². The third-order valence-electron chi connectivity index (χ3n) is 5.15. The maximum Gasteiger partial charge on any atom is 0.240 e. The fourth-order valence-corrected chi connectivity index (χ4v) is 3.67. The number of aliphatic imine (C=N–C) groups is 2. The van der Waals surface area contributed by atoms with Crippen molar-refractivity contribution in [2.75, 3.05) is 0 Å². The molecule has 0 spiro atoms. The minimum atomic E-state index is 0.792. The molecule has 0 fully saturated rings. The summed E-state index contributed by atoms with van der Waals surface area (Å²) in [7, 11) is 0. The Morgan fingerprint density at radius 3 is 1.62 bits per heavy atom. The number of hydrogen-bond acceptors (Lipinski definition) is 2. The largest absolute Gasteiger partial charge is 0.240 e. The summed E-state index contributed by atoms with van der Waals surface area (Å²) >= 11 is 0. The van der Waals surface area contributed by atoms with Crippen LogP contribution in [0.2, 0.25) is 0 Å². The molecule has 138 valence electrons. The van der Waals surface area contributed by atoms with Crippen molar-refractivity contribution < 1.29 is 0 Å². The highest BCUT2D eigenvalue weighted by Crippen LogP contribution is 2.27. The fraction of sp³-hybridized carbons (Fsp3) is 0.864. The lowest BCUT2D eigenvalue weighted by Gasteiger charge is -2.14. The van der Waals surface area contributed by atoms with Gasteiger partial charge >= 0.3 is 0 Å². The predicted molar refractivity (Wildman–Crippen MR) is 109 cm³/mol. The molecule has 0 aromatic rings. The van der Waals surface area contributed by atoms with Crippen LogP contribution >= 0.6 is 0 Å². The molecule has 1 aliphatic heterocycles. The monoisotopic (exact) mass is 333 g/mol. The summed E-state index contributed by atoms with van der Waals surface area (Å²) in [5.41, 5.74) is 0. The Morgan fingerprint density at radius 2 is 1.12 bits per heavy atom. The van der Waals surface area contributed by atoms with E-state index in [2.05, 4.69) is 23.8 Å². The maximum atomic E-state index is 4.34. The molecule has 0 amide bonds. The van der Waals surface area contributed by atoms with Crippen LogP contribution in [0.1, 0.15) is 117 Å². The predicted octanol–water partition coefficient (Wildman–Crippen LogP) is 7.53. The number of unbranched alkanes of at least 4 members (excludes halogenated alkanes) is 11. The smallest absolute Gasteiger partial charge is 0.0968 e. The van der Waals surface area contributed by atoms with Gasteiger partial charge in [0.25, 0.3) is 0 Å². The molecule has 1 unspecified atom stereocenters. The van der Waals surface area contributed by atoms with Gasteiger partial charge in [0.1, 0.15) is 0 Å². The summed E-state index contributed by atoms with van der Waals surface area (Å²) in [6.07, 6.45) is 27.0. The molecule has 0 radical (unpaired) electrons. The lowest BCUT2D eigenvalue weighted by Crippen LogP contribution is -2.04. The van der Waals surface area contributed by atoms with Crippen molar-refractivity contribution in [2.24, 2.45) is 15.9 Å². The van der Waals surface area contributed by atoms with Crippen LogP contribution in [0, 0.1) is 12.1 Å². The first-order valence-corrected chi connectivity index (χ1v) is 10.8. The molecule has 1 heterocycles. The molecule has 2 heteroatoms. The minimum Gasteiger partial charge on any atom is -0.0968 e. The second-order valence-electron chi connectivity index (χ2n) is 7.51. The summed E-state index contributed by atoms with van der Waals surface area (Å²) in [6.45, 7) is 4.58. The van der Waals surface area contributed by atoms with E-state index in [1.165, 1.54) is 96.3 Å². The van der Waals surface area contributed by atoms with Crippen LogP contribution in [0.5, 0.6) is 0 Å². The standard InChI is InChI=1S/C22H41N2/c1-3-5-6-7-8-9-10-11-12-13-14-15-17-21(16-4-2)20-22-23-18-19-24-22/h18-19,21H,3-17,20H2,1-2H3/q+1. The van der Waals surface area contributed by atoms with Crippen molar-refractivity contribution in [1.82, 2.24) is 0 Å². The van der Waals surface area contributed by atoms with Gasteiger partial charge in [0.15, 0.2) is 12.4 Å². The molecule has 0 aromatic heterocycles. The molecule has 0 saturated carbocycles. The zero-order valence-electron chi connectivity index (χ0n) is 16.4. The molecule has 0 aliphatic carbocycles. The van der Waals surface area contributed by atoms with Gasteiger partial charge in [0, 0.05) is 0 Å². The summed E-state index contributed by atoms with van der Waals surface area (Å²) in [5, 5.41) is 0. The second kappa shape index (κ2) is 15.7. The van der Waals surface area contributed by atoms with Gasteiger partial charge in [0.2, 0.25) is 6.17 Å². The molecule has 1 atom stereocenters. The van der Waals surface area contributed by atoms with Gasteiger partial charge in [-0.2, -0.15) is 0 Å². The Hall–Kier alpha value is -0.790. The van der Waals surface area contributed by atoms with Gasteiger partial charge in [0.05, 0.1) is 6.42 Å². The molecule has 24 heavy (non-hydrogen) atoms. The van der Waals surface area contributed by atoms with Gasteiger partial charge in [-0.05, 0) is 18.8 Å². The molecular formula is C22H41N2+. The van der Waals surface area contributed by atoms with Gasteiger partial charge in [-0.25, -0.2) is 0 Å². The van der Waals surface area contributed by atoms with Gasteiger partial charge < -0.3 is 0 Å². The Balaban J connectivity index is 1.88. The normalized spacial score (nSPS) is 14.7. The third kappa shape index (κ3) is 11.7. The van der Waals surface area contributed by atoms with Crippen LogP contribution in [-0.4, -0.2) is 12.4 Å². The average molecular weight is 334 g/mol.